The third-order valence-electron chi connectivity index (χ3n) is 3.74. The van der Waals surface area contributed by atoms with Crippen LogP contribution < -0.4 is 14.4 Å². The first-order valence-electron chi connectivity index (χ1n) is 6.25. The molecule has 2 rings (SSSR count). The molecule has 1 aromatic rings. The second-order valence-electron chi connectivity index (χ2n) is 4.82. The van der Waals surface area contributed by atoms with Gasteiger partial charge in [0.05, 0.1) is 27.8 Å². The van der Waals surface area contributed by atoms with E-state index in [0.29, 0.717) is 11.5 Å². The summed E-state index contributed by atoms with van der Waals surface area (Å²) in [6, 6.07) is 3.69. The van der Waals surface area contributed by atoms with Gasteiger partial charge in [-0.2, -0.15) is 0 Å². The van der Waals surface area contributed by atoms with Gasteiger partial charge >= 0.3 is 0 Å². The molecule has 104 valence electrons. The molecule has 1 N–H and O–H groups in total. The minimum Gasteiger partial charge on any atom is -0.493 e. The lowest BCUT2D eigenvalue weighted by molar-refractivity contribution is -0.922. The molecule has 0 fully saturated rings. The summed E-state index contributed by atoms with van der Waals surface area (Å²) in [6.45, 7) is 0.829. The monoisotopic (exact) mass is 267 g/mol. The summed E-state index contributed by atoms with van der Waals surface area (Å²) < 4.78 is 10.6. The molecule has 1 unspecified atom stereocenters. The number of methoxy groups -OCH3 is 2. The van der Waals surface area contributed by atoms with Crippen LogP contribution >= 0.6 is 0 Å². The molecule has 0 spiro atoms. The minimum absolute atomic E-state index is 0.0612. The molecule has 1 aliphatic rings. The van der Waals surface area contributed by atoms with Crippen LogP contribution in [-0.2, 0) is 6.42 Å². The van der Waals surface area contributed by atoms with Crippen LogP contribution in [0.25, 0.3) is 0 Å². The molecule has 0 radical (unpaired) electrons. The zero-order valence-electron chi connectivity index (χ0n) is 11.4. The van der Waals surface area contributed by atoms with E-state index < -0.39 is 0 Å². The van der Waals surface area contributed by atoms with Gasteiger partial charge in [-0.05, 0) is 17.7 Å². The Bertz CT molecular complexity index is 490. The number of hydrogen-bond donors (Lipinski definition) is 1. The molecule has 6 nitrogen and oxygen atoms in total. The first kappa shape index (κ1) is 13.6. The average Bonchev–Trinajstić information content (AvgIpc) is 2.40. The summed E-state index contributed by atoms with van der Waals surface area (Å²) in [5.41, 5.74) is 2.12. The van der Waals surface area contributed by atoms with Crippen LogP contribution in [0.5, 0.6) is 11.5 Å². The Hall–Kier alpha value is -1.82. The van der Waals surface area contributed by atoms with Gasteiger partial charge in [-0.25, -0.2) is 0 Å². The minimum atomic E-state index is -0.250. The first-order valence-corrected chi connectivity index (χ1v) is 6.25. The van der Waals surface area contributed by atoms with E-state index >= 15 is 0 Å². The molecule has 0 saturated carbocycles. The third-order valence-corrected chi connectivity index (χ3v) is 3.74. The van der Waals surface area contributed by atoms with Crippen molar-refractivity contribution >= 4 is 0 Å². The molecule has 1 heterocycles. The number of rotatable bonds is 4. The van der Waals surface area contributed by atoms with Crippen molar-refractivity contribution in [3.63, 3.8) is 0 Å². The van der Waals surface area contributed by atoms with Gasteiger partial charge in [0.2, 0.25) is 0 Å². The number of hydrogen-bond acceptors (Lipinski definition) is 4. The van der Waals surface area contributed by atoms with E-state index in [-0.39, 0.29) is 17.5 Å². The number of nitrogens with one attached hydrogen (secondary N) is 1. The van der Waals surface area contributed by atoms with Crippen LogP contribution in [0, 0.1) is 10.1 Å². The highest BCUT2D eigenvalue weighted by molar-refractivity contribution is 5.48. The molecular weight excluding hydrogens is 248 g/mol. The van der Waals surface area contributed by atoms with Gasteiger partial charge in [0.1, 0.15) is 0 Å². The van der Waals surface area contributed by atoms with Gasteiger partial charge in [0.15, 0.2) is 17.5 Å². The molecule has 19 heavy (non-hydrogen) atoms. The maximum atomic E-state index is 10.8. The molecule has 0 bridgehead atoms. The highest BCUT2D eigenvalue weighted by atomic mass is 16.6. The van der Waals surface area contributed by atoms with Gasteiger partial charge in [-0.15, -0.1) is 0 Å². The fraction of sp³-hybridized carbons (Fsp3) is 0.538. The molecule has 1 aromatic carbocycles. The van der Waals surface area contributed by atoms with Gasteiger partial charge < -0.3 is 14.4 Å². The van der Waals surface area contributed by atoms with Gasteiger partial charge in [0, 0.05) is 16.9 Å². The Balaban J connectivity index is 2.45. The number of nitro groups is 1. The number of quaternary nitrogens is 1. The number of ether oxygens (including phenoxy) is 2. The van der Waals surface area contributed by atoms with Crippen molar-refractivity contribution < 1.29 is 19.3 Å². The zero-order chi connectivity index (χ0) is 14.0. The molecule has 6 heteroatoms. The number of benzene rings is 1. The molecule has 0 saturated heterocycles. The Morgan fingerprint density at radius 1 is 1.37 bits per heavy atom. The summed E-state index contributed by atoms with van der Waals surface area (Å²) in [7, 11) is 5.17. The second-order valence-corrected chi connectivity index (χ2v) is 4.82. The second kappa shape index (κ2) is 5.44. The summed E-state index contributed by atoms with van der Waals surface area (Å²) in [5, 5.41) is 10.8. The van der Waals surface area contributed by atoms with Crippen LogP contribution in [0.4, 0.5) is 0 Å². The summed E-state index contributed by atoms with van der Waals surface area (Å²) in [6.07, 6.45) is 0.899. The van der Waals surface area contributed by atoms with E-state index in [1.165, 1.54) is 0 Å². The van der Waals surface area contributed by atoms with E-state index in [1.54, 1.807) is 14.2 Å². The summed E-state index contributed by atoms with van der Waals surface area (Å²) in [4.78, 5) is 11.8. The lowest BCUT2D eigenvalue weighted by Crippen LogP contribution is -3.11. The highest BCUT2D eigenvalue weighted by Gasteiger charge is 2.33. The highest BCUT2D eigenvalue weighted by Crippen LogP contribution is 2.33. The summed E-state index contributed by atoms with van der Waals surface area (Å²) >= 11 is 0. The number of fused-ring (bicyclic) bond motifs is 1. The quantitative estimate of drug-likeness (QED) is 0.620. The van der Waals surface area contributed by atoms with E-state index in [0.717, 1.165) is 29.0 Å². The van der Waals surface area contributed by atoms with Crippen LogP contribution in [-0.4, -0.2) is 39.3 Å². The zero-order valence-corrected chi connectivity index (χ0v) is 11.4. The van der Waals surface area contributed by atoms with Crippen molar-refractivity contribution in [3.8, 4) is 11.5 Å². The summed E-state index contributed by atoms with van der Waals surface area (Å²) in [5.74, 6) is 1.31. The molecule has 2 atom stereocenters. The average molecular weight is 267 g/mol. The van der Waals surface area contributed by atoms with Crippen LogP contribution in [0.3, 0.4) is 0 Å². The fourth-order valence-electron chi connectivity index (χ4n) is 2.65. The number of likely N-dealkylation sites (N-methyl/N-ethyl adjacent to an activating group) is 1. The Labute approximate surface area is 112 Å². The lowest BCUT2D eigenvalue weighted by Gasteiger charge is -2.29. The van der Waals surface area contributed by atoms with Crippen LogP contribution in [0.15, 0.2) is 12.1 Å². The largest absolute Gasteiger partial charge is 0.493 e. The smallest absolute Gasteiger partial charge is 0.259 e. The van der Waals surface area contributed by atoms with Crippen LogP contribution in [0.2, 0.25) is 0 Å². The predicted octanol–water partition coefficient (Wildman–Crippen LogP) is 0.0924. The van der Waals surface area contributed by atoms with E-state index in [2.05, 4.69) is 0 Å². The van der Waals surface area contributed by atoms with Crippen molar-refractivity contribution in [2.75, 3.05) is 34.4 Å². The Morgan fingerprint density at radius 2 is 2.00 bits per heavy atom. The van der Waals surface area contributed by atoms with Gasteiger partial charge in [0.25, 0.3) is 6.54 Å². The molecule has 0 aromatic heterocycles. The van der Waals surface area contributed by atoms with E-state index in [9.17, 15) is 10.1 Å². The van der Waals surface area contributed by atoms with Gasteiger partial charge in [-0.3, -0.25) is 10.1 Å². The predicted molar refractivity (Wildman–Crippen MR) is 69.6 cm³/mol. The van der Waals surface area contributed by atoms with Crippen molar-refractivity contribution in [3.05, 3.63) is 33.4 Å². The molecule has 0 amide bonds. The van der Waals surface area contributed by atoms with E-state index in [4.69, 9.17) is 9.47 Å². The van der Waals surface area contributed by atoms with Crippen molar-refractivity contribution in [2.45, 2.75) is 12.5 Å². The topological polar surface area (TPSA) is 66.0 Å². The maximum absolute atomic E-state index is 10.8. The maximum Gasteiger partial charge on any atom is 0.259 e. The molecule has 1 aliphatic heterocycles. The normalized spacial score (nSPS) is 21.6. The molecular formula is C13H19N2O4+. The van der Waals surface area contributed by atoms with E-state index in [1.807, 2.05) is 19.2 Å². The van der Waals surface area contributed by atoms with Crippen molar-refractivity contribution in [1.29, 1.82) is 0 Å². The van der Waals surface area contributed by atoms with Gasteiger partial charge in [-0.1, -0.05) is 0 Å². The first-order chi connectivity index (χ1) is 9.06. The third kappa shape index (κ3) is 2.63. The fourth-order valence-corrected chi connectivity index (χ4v) is 2.65. The van der Waals surface area contributed by atoms with Crippen LogP contribution in [0.1, 0.15) is 17.2 Å². The molecule has 0 aliphatic carbocycles. The standard InChI is InChI=1S/C13H18N2O4/c1-14-5-4-9-6-12(18-2)13(19-3)7-10(9)11(14)8-15(16)17/h6-7,11H,4-5,8H2,1-3H3/p+1/t11-/m1/s1. The number of nitrogens with zero attached hydrogens (tertiary/aromatic N) is 1. The lowest BCUT2D eigenvalue weighted by atomic mass is 9.92. The van der Waals surface area contributed by atoms with Crippen molar-refractivity contribution in [2.24, 2.45) is 0 Å². The van der Waals surface area contributed by atoms with Crippen molar-refractivity contribution in [1.82, 2.24) is 0 Å². The Kier molecular flexibility index (Phi) is 3.90. The Morgan fingerprint density at radius 3 is 2.58 bits per heavy atom. The SMILES string of the molecule is COc1cc2c(cc1OC)[C@@H](C[N+](=O)[O-])[NH+](C)CC2.